The third kappa shape index (κ3) is 6.75. The molecule has 0 saturated carbocycles. The Kier molecular flexibility index (Phi) is 7.10. The molecule has 0 radical (unpaired) electrons. The summed E-state index contributed by atoms with van der Waals surface area (Å²) in [6.45, 7) is 1.90. The summed E-state index contributed by atoms with van der Waals surface area (Å²) in [5.41, 5.74) is 1.41. The van der Waals surface area contributed by atoms with Crippen molar-refractivity contribution in [3.63, 3.8) is 0 Å². The Labute approximate surface area is 101 Å². The summed E-state index contributed by atoms with van der Waals surface area (Å²) < 4.78 is 10.8. The van der Waals surface area contributed by atoms with E-state index in [9.17, 15) is 4.21 Å². The molecule has 1 N–H and O–H groups in total. The zero-order valence-electron chi connectivity index (χ0n) is 9.95. The first kappa shape index (κ1) is 13.4. The van der Waals surface area contributed by atoms with Gasteiger partial charge in [-0.1, -0.05) is 30.3 Å². The Balaban J connectivity index is 1.94. The van der Waals surface area contributed by atoms with E-state index < -0.39 is 10.8 Å². The molecule has 0 saturated heterocycles. The molecule has 1 atom stereocenters. The van der Waals surface area contributed by atoms with Gasteiger partial charge in [0.05, 0.1) is 0 Å². The first-order valence-corrected chi connectivity index (χ1v) is 7.56. The normalized spacial score (nSPS) is 12.6. The van der Waals surface area contributed by atoms with Crippen LogP contribution in [0.2, 0.25) is 0 Å². The first-order valence-electron chi connectivity index (χ1n) is 5.83. The summed E-state index contributed by atoms with van der Waals surface area (Å²) in [5, 5.41) is 3.31. The molecule has 1 rings (SSSR count). The summed E-state index contributed by atoms with van der Waals surface area (Å²) in [4.78, 5) is 0. The molecule has 1 unspecified atom stereocenters. The van der Waals surface area contributed by atoms with Crippen molar-refractivity contribution in [1.82, 2.24) is 5.32 Å². The number of benzene rings is 1. The lowest BCUT2D eigenvalue weighted by Crippen LogP contribution is -2.21. The minimum atomic E-state index is -0.665. The minimum Gasteiger partial charge on any atom is -0.316 e. The van der Waals surface area contributed by atoms with Crippen LogP contribution in [-0.4, -0.2) is 29.3 Å². The number of aryl methyl sites for hydroxylation is 1. The highest BCUT2D eigenvalue weighted by Gasteiger charge is 1.93. The van der Waals surface area contributed by atoms with Crippen molar-refractivity contribution < 1.29 is 4.21 Å². The lowest BCUT2D eigenvalue weighted by molar-refractivity contribution is 0.637. The molecule has 0 bridgehead atoms. The number of unbranched alkanes of at least 4 members (excludes halogenated alkanes) is 1. The largest absolute Gasteiger partial charge is 0.316 e. The molecule has 2 nitrogen and oxygen atoms in total. The van der Waals surface area contributed by atoms with Crippen LogP contribution in [0.4, 0.5) is 0 Å². The van der Waals surface area contributed by atoms with E-state index in [2.05, 4.69) is 35.6 Å². The third-order valence-corrected chi connectivity index (χ3v) is 3.26. The molecule has 0 aliphatic rings. The van der Waals surface area contributed by atoms with E-state index >= 15 is 0 Å². The van der Waals surface area contributed by atoms with E-state index in [0.717, 1.165) is 25.3 Å². The lowest BCUT2D eigenvalue weighted by atomic mass is 10.1. The first-order chi connectivity index (χ1) is 7.79. The van der Waals surface area contributed by atoms with Gasteiger partial charge >= 0.3 is 0 Å². The Hall–Kier alpha value is -0.670. The zero-order chi connectivity index (χ0) is 11.6. The standard InChI is InChI=1S/C13H21NOS/c1-16(15)12-11-14-10-6-5-9-13-7-3-2-4-8-13/h2-4,7-8,14H,5-6,9-12H2,1H3. The molecule has 0 spiro atoms. The fourth-order valence-electron chi connectivity index (χ4n) is 1.56. The van der Waals surface area contributed by atoms with Gasteiger partial charge in [0.1, 0.15) is 0 Å². The highest BCUT2D eigenvalue weighted by Crippen LogP contribution is 2.03. The maximum absolute atomic E-state index is 10.8. The monoisotopic (exact) mass is 239 g/mol. The quantitative estimate of drug-likeness (QED) is 0.703. The second kappa shape index (κ2) is 8.48. The van der Waals surface area contributed by atoms with Crippen molar-refractivity contribution in [3.8, 4) is 0 Å². The predicted octanol–water partition coefficient (Wildman–Crippen LogP) is 1.98. The fraction of sp³-hybridized carbons (Fsp3) is 0.538. The van der Waals surface area contributed by atoms with E-state index in [1.54, 1.807) is 6.26 Å². The Morgan fingerprint density at radius 3 is 2.56 bits per heavy atom. The van der Waals surface area contributed by atoms with Crippen LogP contribution in [-0.2, 0) is 17.2 Å². The van der Waals surface area contributed by atoms with Crippen LogP contribution in [0.25, 0.3) is 0 Å². The third-order valence-electron chi connectivity index (χ3n) is 2.48. The zero-order valence-corrected chi connectivity index (χ0v) is 10.8. The second-order valence-corrected chi connectivity index (χ2v) is 5.52. The summed E-state index contributed by atoms with van der Waals surface area (Å²) in [6.07, 6.45) is 5.30. The maximum atomic E-state index is 10.8. The van der Waals surface area contributed by atoms with Crippen LogP contribution < -0.4 is 5.32 Å². The van der Waals surface area contributed by atoms with Gasteiger partial charge in [-0.3, -0.25) is 4.21 Å². The van der Waals surface area contributed by atoms with E-state index in [4.69, 9.17) is 0 Å². The lowest BCUT2D eigenvalue weighted by Gasteiger charge is -2.03. The molecule has 0 heterocycles. The maximum Gasteiger partial charge on any atom is 0.0357 e. The van der Waals surface area contributed by atoms with Crippen molar-refractivity contribution in [3.05, 3.63) is 35.9 Å². The van der Waals surface area contributed by atoms with Crippen LogP contribution in [0, 0.1) is 0 Å². The van der Waals surface area contributed by atoms with Gasteiger partial charge < -0.3 is 5.32 Å². The van der Waals surface area contributed by atoms with Crippen LogP contribution in [0.3, 0.4) is 0 Å². The Morgan fingerprint density at radius 2 is 1.88 bits per heavy atom. The number of nitrogens with one attached hydrogen (secondary N) is 1. The molecule has 3 heteroatoms. The summed E-state index contributed by atoms with van der Waals surface area (Å²) in [6, 6.07) is 10.6. The van der Waals surface area contributed by atoms with Gasteiger partial charge in [0.2, 0.25) is 0 Å². The fourth-order valence-corrected chi connectivity index (χ4v) is 2.00. The molecule has 0 aliphatic heterocycles. The van der Waals surface area contributed by atoms with Crippen molar-refractivity contribution in [2.45, 2.75) is 19.3 Å². The number of hydrogen-bond acceptors (Lipinski definition) is 2. The summed E-state index contributed by atoms with van der Waals surface area (Å²) >= 11 is 0. The summed E-state index contributed by atoms with van der Waals surface area (Å²) in [5.74, 6) is 0.763. The van der Waals surface area contributed by atoms with Crippen molar-refractivity contribution in [2.75, 3.05) is 25.1 Å². The van der Waals surface area contributed by atoms with Gasteiger partial charge in [-0.2, -0.15) is 0 Å². The van der Waals surface area contributed by atoms with E-state index in [1.165, 1.54) is 18.4 Å². The summed E-state index contributed by atoms with van der Waals surface area (Å²) in [7, 11) is -0.665. The van der Waals surface area contributed by atoms with Crippen molar-refractivity contribution in [1.29, 1.82) is 0 Å². The SMILES string of the molecule is CS(=O)CCNCCCCc1ccccc1. The van der Waals surface area contributed by atoms with Crippen LogP contribution in [0.15, 0.2) is 30.3 Å². The smallest absolute Gasteiger partial charge is 0.0357 e. The Bertz CT molecular complexity index is 300. The van der Waals surface area contributed by atoms with Gasteiger partial charge in [-0.05, 0) is 31.4 Å². The minimum absolute atomic E-state index is 0.665. The average molecular weight is 239 g/mol. The van der Waals surface area contributed by atoms with E-state index in [-0.39, 0.29) is 0 Å². The van der Waals surface area contributed by atoms with Crippen molar-refractivity contribution in [2.24, 2.45) is 0 Å². The second-order valence-electron chi connectivity index (χ2n) is 3.97. The molecule has 0 aliphatic carbocycles. The van der Waals surface area contributed by atoms with E-state index in [0.29, 0.717) is 0 Å². The molecule has 0 aromatic heterocycles. The number of hydrogen-bond donors (Lipinski definition) is 1. The van der Waals surface area contributed by atoms with E-state index in [1.807, 2.05) is 0 Å². The molecular weight excluding hydrogens is 218 g/mol. The van der Waals surface area contributed by atoms with Gasteiger partial charge in [-0.25, -0.2) is 0 Å². The molecule has 0 amide bonds. The molecule has 0 fully saturated rings. The number of rotatable bonds is 8. The topological polar surface area (TPSA) is 29.1 Å². The van der Waals surface area contributed by atoms with Gasteiger partial charge in [-0.15, -0.1) is 0 Å². The molecule has 16 heavy (non-hydrogen) atoms. The average Bonchev–Trinajstić information content (AvgIpc) is 2.29. The van der Waals surface area contributed by atoms with Crippen LogP contribution >= 0.6 is 0 Å². The Morgan fingerprint density at radius 1 is 1.12 bits per heavy atom. The molecule has 90 valence electrons. The van der Waals surface area contributed by atoms with Gasteiger partial charge in [0, 0.05) is 29.4 Å². The predicted molar refractivity (Wildman–Crippen MR) is 71.2 cm³/mol. The molecule has 1 aromatic rings. The molecular formula is C13H21NOS. The van der Waals surface area contributed by atoms with Crippen molar-refractivity contribution >= 4 is 10.8 Å². The highest BCUT2D eigenvalue weighted by molar-refractivity contribution is 7.84. The molecule has 1 aromatic carbocycles. The van der Waals surface area contributed by atoms with Gasteiger partial charge in [0.25, 0.3) is 0 Å². The van der Waals surface area contributed by atoms with Crippen LogP contribution in [0.1, 0.15) is 18.4 Å². The van der Waals surface area contributed by atoms with Gasteiger partial charge in [0.15, 0.2) is 0 Å². The van der Waals surface area contributed by atoms with Crippen LogP contribution in [0.5, 0.6) is 0 Å². The highest BCUT2D eigenvalue weighted by atomic mass is 32.2.